The van der Waals surface area contributed by atoms with Gasteiger partial charge in [0.2, 0.25) is 0 Å². The largest absolute Gasteiger partial charge is 0.508 e. The fourth-order valence-corrected chi connectivity index (χ4v) is 1.73. The number of allylic oxidation sites excluding steroid dienone is 3. The average molecular weight is 285 g/mol. The summed E-state index contributed by atoms with van der Waals surface area (Å²) >= 11 is 0. The van der Waals surface area contributed by atoms with Crippen molar-refractivity contribution in [3.63, 3.8) is 0 Å². The number of aliphatic imine (C=N–C) groups is 1. The second-order valence-electron chi connectivity index (χ2n) is 4.52. The van der Waals surface area contributed by atoms with Crippen LogP contribution < -0.4 is 4.74 Å². The van der Waals surface area contributed by atoms with Crippen molar-refractivity contribution in [1.29, 1.82) is 0 Å². The molecule has 0 saturated carbocycles. The van der Waals surface area contributed by atoms with Gasteiger partial charge in [-0.25, -0.2) is 0 Å². The maximum Gasteiger partial charge on any atom is 0.127 e. The fourth-order valence-electron chi connectivity index (χ4n) is 1.73. The van der Waals surface area contributed by atoms with Crippen LogP contribution in [0.1, 0.15) is 38.3 Å². The minimum absolute atomic E-state index is 0.233. The van der Waals surface area contributed by atoms with E-state index in [1.165, 1.54) is 0 Å². The molecule has 112 valence electrons. The minimum Gasteiger partial charge on any atom is -0.508 e. The van der Waals surface area contributed by atoms with Crippen LogP contribution in [-0.4, -0.2) is 17.9 Å². The van der Waals surface area contributed by atoms with Gasteiger partial charge in [-0.3, -0.25) is 4.99 Å². The number of hydrogen-bond donors (Lipinski definition) is 1. The van der Waals surface area contributed by atoms with E-state index < -0.39 is 0 Å². The Labute approximate surface area is 127 Å². The first-order valence-corrected chi connectivity index (χ1v) is 7.10. The van der Waals surface area contributed by atoms with Crippen LogP contribution in [-0.2, 0) is 0 Å². The molecule has 3 heteroatoms. The first-order chi connectivity index (χ1) is 10.1. The highest BCUT2D eigenvalue weighted by Crippen LogP contribution is 2.28. The van der Waals surface area contributed by atoms with Gasteiger partial charge in [-0.05, 0) is 50.1 Å². The van der Waals surface area contributed by atoms with Gasteiger partial charge >= 0.3 is 0 Å². The molecule has 0 spiro atoms. The van der Waals surface area contributed by atoms with E-state index in [1.807, 2.05) is 31.2 Å². The summed E-state index contributed by atoms with van der Waals surface area (Å²) in [6, 6.07) is 5.55. The van der Waals surface area contributed by atoms with Gasteiger partial charge < -0.3 is 9.84 Å². The number of aliphatic hydroxyl groups excluding tert-OH is 1. The van der Waals surface area contributed by atoms with Gasteiger partial charge in [0.05, 0.1) is 6.61 Å². The van der Waals surface area contributed by atoms with Crippen molar-refractivity contribution >= 4 is 17.5 Å². The van der Waals surface area contributed by atoms with Gasteiger partial charge in [0.15, 0.2) is 0 Å². The van der Waals surface area contributed by atoms with Gasteiger partial charge in [-0.15, -0.1) is 0 Å². The monoisotopic (exact) mass is 285 g/mol. The molecule has 3 nitrogen and oxygen atoms in total. The van der Waals surface area contributed by atoms with E-state index in [9.17, 15) is 5.11 Å². The molecule has 0 heterocycles. The Kier molecular flexibility index (Phi) is 7.02. The third-order valence-corrected chi connectivity index (χ3v) is 2.82. The highest BCUT2D eigenvalue weighted by molar-refractivity contribution is 6.10. The lowest BCUT2D eigenvalue weighted by molar-refractivity contribution is 0.316. The number of benzene rings is 1. The Balaban J connectivity index is 3.18. The molecule has 1 aromatic carbocycles. The smallest absolute Gasteiger partial charge is 0.127 e. The standard InChI is InChI=1S/C18H23NO2/c1-5-10-19-13-14(4)16-12-15(17(20)7-3)8-9-18(16)21-11-6-2/h5,7-10,12-13,20H,4,6,11H2,1-3H3/b10-5-,17-7-,19-13-. The molecule has 0 saturated heterocycles. The van der Waals surface area contributed by atoms with Crippen LogP contribution in [0.25, 0.3) is 11.3 Å². The van der Waals surface area contributed by atoms with Crippen LogP contribution in [0.4, 0.5) is 0 Å². The molecule has 0 aliphatic carbocycles. The Morgan fingerprint density at radius 3 is 2.76 bits per heavy atom. The van der Waals surface area contributed by atoms with Gasteiger partial charge in [0, 0.05) is 23.5 Å². The van der Waals surface area contributed by atoms with Gasteiger partial charge in [-0.2, -0.15) is 0 Å². The highest BCUT2D eigenvalue weighted by atomic mass is 16.5. The fraction of sp³-hybridized carbons (Fsp3) is 0.278. The summed E-state index contributed by atoms with van der Waals surface area (Å²) in [6.45, 7) is 10.4. The SMILES string of the molecule is C=C(/C=N\C=C/C)c1cc(/C(O)=C/C)ccc1OCCC. The summed E-state index contributed by atoms with van der Waals surface area (Å²) in [5, 5.41) is 9.86. The maximum atomic E-state index is 9.86. The van der Waals surface area contributed by atoms with Crippen LogP contribution >= 0.6 is 0 Å². The third kappa shape index (κ3) is 4.95. The van der Waals surface area contributed by atoms with E-state index in [1.54, 1.807) is 25.4 Å². The summed E-state index contributed by atoms with van der Waals surface area (Å²) in [7, 11) is 0. The first-order valence-electron chi connectivity index (χ1n) is 7.10. The molecule has 0 fully saturated rings. The molecule has 0 radical (unpaired) electrons. The van der Waals surface area contributed by atoms with Crippen molar-refractivity contribution in [2.75, 3.05) is 6.61 Å². The highest BCUT2D eigenvalue weighted by Gasteiger charge is 2.09. The van der Waals surface area contributed by atoms with E-state index in [0.29, 0.717) is 6.61 Å². The molecule has 0 aliphatic rings. The first kappa shape index (κ1) is 16.8. The molecule has 0 unspecified atom stereocenters. The number of nitrogens with zero attached hydrogens (tertiary/aromatic N) is 1. The lowest BCUT2D eigenvalue weighted by Gasteiger charge is -2.12. The van der Waals surface area contributed by atoms with E-state index in [2.05, 4.69) is 18.5 Å². The van der Waals surface area contributed by atoms with E-state index >= 15 is 0 Å². The normalized spacial score (nSPS) is 12.2. The maximum absolute atomic E-state index is 9.86. The predicted molar refractivity (Wildman–Crippen MR) is 90.8 cm³/mol. The Morgan fingerprint density at radius 2 is 2.14 bits per heavy atom. The number of hydrogen-bond acceptors (Lipinski definition) is 3. The number of ether oxygens (including phenoxy) is 1. The van der Waals surface area contributed by atoms with Crippen LogP contribution in [0, 0.1) is 0 Å². The molecular weight excluding hydrogens is 262 g/mol. The lowest BCUT2D eigenvalue weighted by atomic mass is 10.0. The molecule has 0 aliphatic heterocycles. The summed E-state index contributed by atoms with van der Waals surface area (Å²) in [5.41, 5.74) is 2.31. The van der Waals surface area contributed by atoms with Crippen molar-refractivity contribution in [1.82, 2.24) is 0 Å². The lowest BCUT2D eigenvalue weighted by Crippen LogP contribution is -2.00. The molecule has 1 aromatic rings. The zero-order valence-corrected chi connectivity index (χ0v) is 13.0. The predicted octanol–water partition coefficient (Wildman–Crippen LogP) is 5.01. The van der Waals surface area contributed by atoms with Crippen LogP contribution in [0.2, 0.25) is 0 Å². The van der Waals surface area contributed by atoms with Gasteiger partial charge in [-0.1, -0.05) is 19.6 Å². The van der Waals surface area contributed by atoms with Crippen molar-refractivity contribution in [3.05, 3.63) is 54.3 Å². The average Bonchev–Trinajstić information content (AvgIpc) is 2.52. The molecule has 1 N–H and O–H groups in total. The second-order valence-corrected chi connectivity index (χ2v) is 4.52. The Hall–Kier alpha value is -2.29. The van der Waals surface area contributed by atoms with E-state index in [-0.39, 0.29) is 5.76 Å². The van der Waals surface area contributed by atoms with Crippen molar-refractivity contribution in [2.45, 2.75) is 27.2 Å². The second kappa shape index (κ2) is 8.80. The molecule has 21 heavy (non-hydrogen) atoms. The minimum atomic E-state index is 0.233. The number of aliphatic hydroxyl groups is 1. The molecule has 1 rings (SSSR count). The quantitative estimate of drug-likeness (QED) is 0.565. The number of rotatable bonds is 7. The molecule has 0 amide bonds. The van der Waals surface area contributed by atoms with Crippen LogP contribution in [0.15, 0.2) is 48.1 Å². The summed E-state index contributed by atoms with van der Waals surface area (Å²) in [6.07, 6.45) is 7.82. The van der Waals surface area contributed by atoms with E-state index in [0.717, 1.165) is 28.9 Å². The Bertz CT molecular complexity index is 569. The molecule has 0 bridgehead atoms. The van der Waals surface area contributed by atoms with Gasteiger partial charge in [0.25, 0.3) is 0 Å². The van der Waals surface area contributed by atoms with Crippen LogP contribution in [0.5, 0.6) is 5.75 Å². The van der Waals surface area contributed by atoms with Gasteiger partial charge in [0.1, 0.15) is 11.5 Å². The zero-order chi connectivity index (χ0) is 15.7. The molecular formula is C18H23NO2. The third-order valence-electron chi connectivity index (χ3n) is 2.82. The molecule has 0 atom stereocenters. The van der Waals surface area contributed by atoms with E-state index in [4.69, 9.17) is 4.74 Å². The summed E-state index contributed by atoms with van der Waals surface area (Å²) in [5.74, 6) is 0.984. The van der Waals surface area contributed by atoms with Crippen LogP contribution in [0.3, 0.4) is 0 Å². The molecule has 0 aromatic heterocycles. The summed E-state index contributed by atoms with van der Waals surface area (Å²) < 4.78 is 5.74. The van der Waals surface area contributed by atoms with Crippen molar-refractivity contribution in [2.24, 2.45) is 4.99 Å². The Morgan fingerprint density at radius 1 is 1.38 bits per heavy atom. The zero-order valence-electron chi connectivity index (χ0n) is 13.0. The summed E-state index contributed by atoms with van der Waals surface area (Å²) in [4.78, 5) is 4.14. The van der Waals surface area contributed by atoms with Crippen molar-refractivity contribution < 1.29 is 9.84 Å². The topological polar surface area (TPSA) is 41.8 Å². The van der Waals surface area contributed by atoms with Crippen molar-refractivity contribution in [3.8, 4) is 5.75 Å².